The highest BCUT2D eigenvalue weighted by atomic mass is 32.2. The molecule has 2 rings (SSSR count). The summed E-state index contributed by atoms with van der Waals surface area (Å²) < 4.78 is 30.7. The molecule has 0 radical (unpaired) electrons. The third-order valence-electron chi connectivity index (χ3n) is 4.03. The first-order valence-corrected chi connectivity index (χ1v) is 9.33. The maximum atomic E-state index is 12.3. The topological polar surface area (TPSA) is 70.5 Å². The van der Waals surface area contributed by atoms with Crippen LogP contribution < -0.4 is 9.62 Å². The van der Waals surface area contributed by atoms with Crippen LogP contribution in [0.25, 0.3) is 0 Å². The minimum Gasteiger partial charge on any atom is -0.367 e. The zero-order chi connectivity index (χ0) is 16.2. The Hall–Kier alpha value is -1.12. The van der Waals surface area contributed by atoms with Gasteiger partial charge in [-0.2, -0.15) is 22.5 Å². The van der Waals surface area contributed by atoms with Gasteiger partial charge >= 0.3 is 0 Å². The Balaban J connectivity index is 1.95. The van der Waals surface area contributed by atoms with Crippen molar-refractivity contribution in [1.29, 1.82) is 0 Å². The van der Waals surface area contributed by atoms with E-state index in [0.717, 1.165) is 37.9 Å². The van der Waals surface area contributed by atoms with Crippen molar-refractivity contribution in [3.05, 3.63) is 12.4 Å². The minimum atomic E-state index is -3.40. The van der Waals surface area contributed by atoms with Crippen LogP contribution in [0.15, 0.2) is 12.4 Å². The van der Waals surface area contributed by atoms with Crippen LogP contribution in [0.2, 0.25) is 0 Å². The first-order chi connectivity index (χ1) is 10.4. The van der Waals surface area contributed by atoms with E-state index in [1.807, 2.05) is 19.4 Å². The molecule has 1 aromatic rings. The van der Waals surface area contributed by atoms with E-state index in [1.165, 1.54) is 4.31 Å². The molecule has 1 aliphatic rings. The van der Waals surface area contributed by atoms with E-state index in [9.17, 15) is 8.42 Å². The molecular formula is C14H27N5O2S. The van der Waals surface area contributed by atoms with Crippen LogP contribution in [0.5, 0.6) is 0 Å². The fourth-order valence-corrected chi connectivity index (χ4v) is 3.84. The Morgan fingerprint density at radius 3 is 2.91 bits per heavy atom. The number of rotatable bonds is 7. The van der Waals surface area contributed by atoms with Gasteiger partial charge in [-0.25, -0.2) is 0 Å². The molecule has 1 saturated heterocycles. The summed E-state index contributed by atoms with van der Waals surface area (Å²) in [5.74, 6) is 0. The van der Waals surface area contributed by atoms with Crippen molar-refractivity contribution in [2.75, 3.05) is 31.6 Å². The highest BCUT2D eigenvalue weighted by Gasteiger charge is 2.26. The summed E-state index contributed by atoms with van der Waals surface area (Å²) in [6, 6.07) is -0.0527. The molecule has 1 fully saturated rings. The standard InChI is InChI=1S/C14H27N5O2S/c1-4-5-8-18(3)22(20,21)16-13-7-6-9-19(11-13)14-10-15-17(2)12-14/h10,12-13,16H,4-9,11H2,1-3H3. The maximum absolute atomic E-state index is 12.3. The summed E-state index contributed by atoms with van der Waals surface area (Å²) in [6.07, 6.45) is 7.49. The Morgan fingerprint density at radius 2 is 2.27 bits per heavy atom. The first kappa shape index (κ1) is 17.2. The molecule has 1 aliphatic heterocycles. The molecule has 2 heterocycles. The third kappa shape index (κ3) is 4.44. The highest BCUT2D eigenvalue weighted by Crippen LogP contribution is 2.19. The average Bonchev–Trinajstić information content (AvgIpc) is 2.91. The van der Waals surface area contributed by atoms with Gasteiger partial charge in [0.2, 0.25) is 0 Å². The van der Waals surface area contributed by atoms with Crippen LogP contribution in [0, 0.1) is 0 Å². The van der Waals surface area contributed by atoms with Crippen LogP contribution in [-0.4, -0.2) is 55.2 Å². The number of hydrogen-bond donors (Lipinski definition) is 1. The number of nitrogens with one attached hydrogen (secondary N) is 1. The predicted molar refractivity (Wildman–Crippen MR) is 88.0 cm³/mol. The second-order valence-corrected chi connectivity index (χ2v) is 7.76. The molecule has 1 unspecified atom stereocenters. The van der Waals surface area contributed by atoms with Gasteiger partial charge in [-0.05, 0) is 19.3 Å². The Bertz CT molecular complexity index is 572. The highest BCUT2D eigenvalue weighted by molar-refractivity contribution is 7.87. The minimum absolute atomic E-state index is 0.0527. The number of piperidine rings is 1. The molecule has 1 N–H and O–H groups in total. The van der Waals surface area contributed by atoms with Gasteiger partial charge in [0.1, 0.15) is 0 Å². The zero-order valence-corrected chi connectivity index (χ0v) is 14.5. The average molecular weight is 329 g/mol. The monoisotopic (exact) mass is 329 g/mol. The van der Waals surface area contributed by atoms with Crippen molar-refractivity contribution in [3.63, 3.8) is 0 Å². The molecule has 126 valence electrons. The number of anilines is 1. The largest absolute Gasteiger partial charge is 0.367 e. The van der Waals surface area contributed by atoms with E-state index in [-0.39, 0.29) is 6.04 Å². The Kier molecular flexibility index (Phi) is 5.82. The summed E-state index contributed by atoms with van der Waals surface area (Å²) in [6.45, 7) is 4.24. The second kappa shape index (κ2) is 7.43. The molecule has 0 aliphatic carbocycles. The smallest absolute Gasteiger partial charge is 0.279 e. The molecule has 0 saturated carbocycles. The maximum Gasteiger partial charge on any atom is 0.279 e. The molecule has 0 bridgehead atoms. The van der Waals surface area contributed by atoms with Crippen LogP contribution in [0.4, 0.5) is 5.69 Å². The normalized spacial score (nSPS) is 19.8. The predicted octanol–water partition coefficient (Wildman–Crippen LogP) is 0.955. The van der Waals surface area contributed by atoms with Crippen LogP contribution >= 0.6 is 0 Å². The Morgan fingerprint density at radius 1 is 1.50 bits per heavy atom. The summed E-state index contributed by atoms with van der Waals surface area (Å²) in [5, 5.41) is 4.18. The van der Waals surface area contributed by atoms with Gasteiger partial charge in [-0.15, -0.1) is 0 Å². The third-order valence-corrected chi connectivity index (χ3v) is 5.66. The summed E-state index contributed by atoms with van der Waals surface area (Å²) in [7, 11) is 0.127. The SMILES string of the molecule is CCCCN(C)S(=O)(=O)NC1CCCN(c2cnn(C)c2)C1. The van der Waals surface area contributed by atoms with E-state index in [1.54, 1.807) is 11.7 Å². The lowest BCUT2D eigenvalue weighted by Gasteiger charge is -2.34. The van der Waals surface area contributed by atoms with Crippen molar-refractivity contribution in [2.45, 2.75) is 38.6 Å². The van der Waals surface area contributed by atoms with Gasteiger partial charge in [0.15, 0.2) is 0 Å². The van der Waals surface area contributed by atoms with Crippen molar-refractivity contribution in [3.8, 4) is 0 Å². The molecule has 0 amide bonds. The second-order valence-electron chi connectivity index (χ2n) is 5.96. The molecule has 7 nitrogen and oxygen atoms in total. The van der Waals surface area contributed by atoms with Crippen molar-refractivity contribution in [2.24, 2.45) is 7.05 Å². The summed E-state index contributed by atoms with van der Waals surface area (Å²) in [5.41, 5.74) is 1.05. The number of aryl methyl sites for hydroxylation is 1. The van der Waals surface area contributed by atoms with Gasteiger partial charge in [0.25, 0.3) is 10.2 Å². The molecule has 0 spiro atoms. The van der Waals surface area contributed by atoms with Gasteiger partial charge < -0.3 is 4.90 Å². The Labute approximate surface area is 133 Å². The number of aromatic nitrogens is 2. The van der Waals surface area contributed by atoms with Crippen molar-refractivity contribution >= 4 is 15.9 Å². The molecule has 22 heavy (non-hydrogen) atoms. The van der Waals surface area contributed by atoms with Crippen LogP contribution in [0.1, 0.15) is 32.6 Å². The lowest BCUT2D eigenvalue weighted by molar-refractivity contribution is 0.418. The van der Waals surface area contributed by atoms with Crippen molar-refractivity contribution < 1.29 is 8.42 Å². The van der Waals surface area contributed by atoms with E-state index in [2.05, 4.69) is 21.6 Å². The van der Waals surface area contributed by atoms with Crippen LogP contribution in [-0.2, 0) is 17.3 Å². The van der Waals surface area contributed by atoms with E-state index < -0.39 is 10.2 Å². The van der Waals surface area contributed by atoms with E-state index in [0.29, 0.717) is 13.1 Å². The molecule has 8 heteroatoms. The first-order valence-electron chi connectivity index (χ1n) is 7.89. The summed E-state index contributed by atoms with van der Waals surface area (Å²) in [4.78, 5) is 2.19. The molecule has 0 aromatic carbocycles. The quantitative estimate of drug-likeness (QED) is 0.809. The molecule has 1 atom stereocenters. The van der Waals surface area contributed by atoms with Gasteiger partial charge in [-0.1, -0.05) is 13.3 Å². The van der Waals surface area contributed by atoms with Gasteiger partial charge in [-0.3, -0.25) is 4.68 Å². The number of nitrogens with zero attached hydrogens (tertiary/aromatic N) is 4. The fraction of sp³-hybridized carbons (Fsp3) is 0.786. The summed E-state index contributed by atoms with van der Waals surface area (Å²) >= 11 is 0. The van der Waals surface area contributed by atoms with Crippen molar-refractivity contribution in [1.82, 2.24) is 18.8 Å². The van der Waals surface area contributed by atoms with Gasteiger partial charge in [0, 0.05) is 46.0 Å². The zero-order valence-electron chi connectivity index (χ0n) is 13.7. The lowest BCUT2D eigenvalue weighted by atomic mass is 10.1. The van der Waals surface area contributed by atoms with Crippen LogP contribution in [0.3, 0.4) is 0 Å². The van der Waals surface area contributed by atoms with E-state index in [4.69, 9.17) is 0 Å². The number of hydrogen-bond acceptors (Lipinski definition) is 4. The number of unbranched alkanes of at least 4 members (excludes halogenated alkanes) is 1. The van der Waals surface area contributed by atoms with Gasteiger partial charge in [0.05, 0.1) is 11.9 Å². The fourth-order valence-electron chi connectivity index (χ4n) is 2.68. The molecule has 1 aromatic heterocycles. The lowest BCUT2D eigenvalue weighted by Crippen LogP contribution is -2.51. The molecular weight excluding hydrogens is 302 g/mol. The van der Waals surface area contributed by atoms with E-state index >= 15 is 0 Å².